The van der Waals surface area contributed by atoms with E-state index >= 15 is 0 Å². The van der Waals surface area contributed by atoms with E-state index in [1.165, 1.54) is 12.8 Å². The van der Waals surface area contributed by atoms with Crippen LogP contribution in [0.4, 0.5) is 0 Å². The van der Waals surface area contributed by atoms with Gasteiger partial charge in [0.15, 0.2) is 5.96 Å². The summed E-state index contributed by atoms with van der Waals surface area (Å²) >= 11 is 0. The van der Waals surface area contributed by atoms with Gasteiger partial charge in [-0.25, -0.2) is 0 Å². The van der Waals surface area contributed by atoms with E-state index in [1.54, 1.807) is 14.2 Å². The Morgan fingerprint density at radius 1 is 1.11 bits per heavy atom. The zero-order valence-corrected chi connectivity index (χ0v) is 18.9. The molecule has 7 heteroatoms. The zero-order chi connectivity index (χ0) is 18.5. The predicted octanol–water partition coefficient (Wildman–Crippen LogP) is 3.34. The number of methoxy groups -OCH3 is 1. The van der Waals surface area contributed by atoms with Crippen LogP contribution >= 0.6 is 24.0 Å². The van der Waals surface area contributed by atoms with E-state index < -0.39 is 0 Å². The van der Waals surface area contributed by atoms with Crippen molar-refractivity contribution in [2.24, 2.45) is 4.99 Å². The van der Waals surface area contributed by atoms with Crippen molar-refractivity contribution in [1.82, 2.24) is 10.6 Å². The Hall–Kier alpha value is -1.06. The van der Waals surface area contributed by atoms with Crippen molar-refractivity contribution >= 4 is 29.9 Å². The summed E-state index contributed by atoms with van der Waals surface area (Å²) in [6.45, 7) is 3.49. The van der Waals surface area contributed by atoms with Crippen LogP contribution < -0.4 is 15.4 Å². The summed E-state index contributed by atoms with van der Waals surface area (Å²) in [6.07, 6.45) is 6.17. The number of ether oxygens (including phenoxy) is 3. The lowest BCUT2D eigenvalue weighted by Crippen LogP contribution is -2.37. The third kappa shape index (κ3) is 9.62. The van der Waals surface area contributed by atoms with Crippen molar-refractivity contribution in [3.8, 4) is 5.75 Å². The van der Waals surface area contributed by atoms with E-state index in [2.05, 4.69) is 27.8 Å². The van der Waals surface area contributed by atoms with Gasteiger partial charge in [-0.05, 0) is 38.2 Å². The molecular weight excluding hydrogens is 457 g/mol. The Labute approximate surface area is 180 Å². The van der Waals surface area contributed by atoms with Crippen LogP contribution in [0.1, 0.15) is 37.7 Å². The maximum absolute atomic E-state index is 6.19. The summed E-state index contributed by atoms with van der Waals surface area (Å²) in [4.78, 5) is 4.28. The molecule has 1 aliphatic rings. The molecule has 1 aromatic rings. The molecule has 0 spiro atoms. The van der Waals surface area contributed by atoms with Crippen LogP contribution in [0.2, 0.25) is 0 Å². The summed E-state index contributed by atoms with van der Waals surface area (Å²) in [7, 11) is 3.46. The fourth-order valence-electron chi connectivity index (χ4n) is 2.98. The molecule has 1 fully saturated rings. The quantitative estimate of drug-likeness (QED) is 0.215. The molecule has 2 N–H and O–H groups in total. The average molecular weight is 491 g/mol. The van der Waals surface area contributed by atoms with E-state index in [0.29, 0.717) is 32.5 Å². The van der Waals surface area contributed by atoms with E-state index in [1.807, 2.05) is 12.1 Å². The molecule has 0 radical (unpaired) electrons. The van der Waals surface area contributed by atoms with Crippen LogP contribution in [-0.2, 0) is 16.0 Å². The molecule has 1 saturated carbocycles. The Morgan fingerprint density at radius 3 is 2.63 bits per heavy atom. The lowest BCUT2D eigenvalue weighted by Gasteiger charge is -2.18. The average Bonchev–Trinajstić information content (AvgIpc) is 3.17. The Bertz CT molecular complexity index is 537. The van der Waals surface area contributed by atoms with Crippen molar-refractivity contribution in [3.05, 3.63) is 29.8 Å². The smallest absolute Gasteiger partial charge is 0.191 e. The number of para-hydroxylation sites is 1. The Balaban J connectivity index is 0.00000364. The van der Waals surface area contributed by atoms with Gasteiger partial charge in [-0.1, -0.05) is 18.2 Å². The first-order valence-electron chi connectivity index (χ1n) is 9.59. The second-order valence-corrected chi connectivity index (χ2v) is 6.44. The van der Waals surface area contributed by atoms with E-state index in [4.69, 9.17) is 14.2 Å². The number of hydrogen-bond acceptors (Lipinski definition) is 4. The summed E-state index contributed by atoms with van der Waals surface area (Å²) in [5, 5.41) is 6.67. The van der Waals surface area contributed by atoms with Crippen LogP contribution in [-0.4, -0.2) is 52.6 Å². The van der Waals surface area contributed by atoms with Gasteiger partial charge in [0.1, 0.15) is 5.75 Å². The highest BCUT2D eigenvalue weighted by Crippen LogP contribution is 2.26. The molecule has 0 aliphatic heterocycles. The van der Waals surface area contributed by atoms with Crippen molar-refractivity contribution in [3.63, 3.8) is 0 Å². The molecule has 27 heavy (non-hydrogen) atoms. The Morgan fingerprint density at radius 2 is 1.89 bits per heavy atom. The number of benzene rings is 1. The zero-order valence-electron chi connectivity index (χ0n) is 16.5. The molecule has 0 amide bonds. The minimum absolute atomic E-state index is 0. The maximum atomic E-state index is 6.19. The predicted molar refractivity (Wildman–Crippen MR) is 120 cm³/mol. The van der Waals surface area contributed by atoms with Crippen LogP contribution in [0.15, 0.2) is 29.3 Å². The van der Waals surface area contributed by atoms with Crippen molar-refractivity contribution in [2.45, 2.75) is 44.8 Å². The minimum Gasteiger partial charge on any atom is -0.490 e. The normalized spacial score (nSPS) is 14.7. The molecule has 154 valence electrons. The lowest BCUT2D eigenvalue weighted by atomic mass is 10.2. The molecule has 0 unspecified atom stereocenters. The third-order valence-corrected chi connectivity index (χ3v) is 4.43. The van der Waals surface area contributed by atoms with Crippen LogP contribution in [0.5, 0.6) is 5.75 Å². The molecule has 0 heterocycles. The molecule has 6 nitrogen and oxygen atoms in total. The summed E-state index contributed by atoms with van der Waals surface area (Å²) in [6, 6.07) is 8.24. The highest BCUT2D eigenvalue weighted by atomic mass is 127. The number of guanidine groups is 1. The fourth-order valence-corrected chi connectivity index (χ4v) is 2.98. The Kier molecular flexibility index (Phi) is 13.3. The lowest BCUT2D eigenvalue weighted by molar-refractivity contribution is 0.0698. The standard InChI is InChI=1S/C20H33N3O3.HI/c1-21-20(22-12-7-13-25-15-14-24-2)23-16-17-8-3-6-11-19(17)26-18-9-4-5-10-18;/h3,6,8,11,18H,4-5,7,9-10,12-16H2,1-2H3,(H2,21,22,23);1H. The maximum Gasteiger partial charge on any atom is 0.191 e. The second kappa shape index (κ2) is 14.9. The number of halogens is 1. The summed E-state index contributed by atoms with van der Waals surface area (Å²) in [5.74, 6) is 1.77. The largest absolute Gasteiger partial charge is 0.490 e. The van der Waals surface area contributed by atoms with Crippen molar-refractivity contribution in [2.75, 3.05) is 40.5 Å². The monoisotopic (exact) mass is 491 g/mol. The molecule has 1 aliphatic carbocycles. The van der Waals surface area contributed by atoms with Crippen LogP contribution in [0.3, 0.4) is 0 Å². The highest BCUT2D eigenvalue weighted by molar-refractivity contribution is 14.0. The van der Waals surface area contributed by atoms with Gasteiger partial charge in [-0.2, -0.15) is 0 Å². The molecular formula is C20H34IN3O3. The minimum atomic E-state index is 0. The van der Waals surface area contributed by atoms with Crippen LogP contribution in [0, 0.1) is 0 Å². The first kappa shape index (κ1) is 24.0. The number of nitrogens with one attached hydrogen (secondary N) is 2. The van der Waals surface area contributed by atoms with Gasteiger partial charge in [0.05, 0.1) is 19.3 Å². The fraction of sp³-hybridized carbons (Fsp3) is 0.650. The molecule has 1 aromatic carbocycles. The van der Waals surface area contributed by atoms with E-state index in [9.17, 15) is 0 Å². The molecule has 0 saturated heterocycles. The van der Waals surface area contributed by atoms with Gasteiger partial charge < -0.3 is 24.8 Å². The van der Waals surface area contributed by atoms with Gasteiger partial charge in [0.25, 0.3) is 0 Å². The van der Waals surface area contributed by atoms with Crippen molar-refractivity contribution in [1.29, 1.82) is 0 Å². The number of aliphatic imine (C=N–C) groups is 1. The van der Waals surface area contributed by atoms with Gasteiger partial charge in [0.2, 0.25) is 0 Å². The molecule has 0 atom stereocenters. The van der Waals surface area contributed by atoms with Gasteiger partial charge in [-0.3, -0.25) is 4.99 Å². The van der Waals surface area contributed by atoms with Gasteiger partial charge in [-0.15, -0.1) is 24.0 Å². The third-order valence-electron chi connectivity index (χ3n) is 4.43. The number of rotatable bonds is 11. The molecule has 2 rings (SSSR count). The van der Waals surface area contributed by atoms with E-state index in [0.717, 1.165) is 43.1 Å². The first-order chi connectivity index (χ1) is 12.8. The van der Waals surface area contributed by atoms with Gasteiger partial charge >= 0.3 is 0 Å². The second-order valence-electron chi connectivity index (χ2n) is 6.44. The van der Waals surface area contributed by atoms with E-state index in [-0.39, 0.29) is 24.0 Å². The summed E-state index contributed by atoms with van der Waals surface area (Å²) in [5.41, 5.74) is 1.16. The number of nitrogens with zero attached hydrogens (tertiary/aromatic N) is 1. The van der Waals surface area contributed by atoms with Crippen molar-refractivity contribution < 1.29 is 14.2 Å². The number of hydrogen-bond donors (Lipinski definition) is 2. The first-order valence-corrected chi connectivity index (χ1v) is 9.59. The van der Waals surface area contributed by atoms with Gasteiger partial charge in [0, 0.05) is 39.4 Å². The molecule has 0 aromatic heterocycles. The topological polar surface area (TPSA) is 64.1 Å². The summed E-state index contributed by atoms with van der Waals surface area (Å²) < 4.78 is 16.6. The SMILES string of the molecule is CN=C(NCCCOCCOC)NCc1ccccc1OC1CCCC1.I. The highest BCUT2D eigenvalue weighted by Gasteiger charge is 2.17. The van der Waals surface area contributed by atoms with Crippen LogP contribution in [0.25, 0.3) is 0 Å². The molecule has 0 bridgehead atoms.